The minimum atomic E-state index is 0.750. The van der Waals surface area contributed by atoms with Crippen molar-refractivity contribution in [2.45, 2.75) is 11.8 Å². The molecule has 2 nitrogen and oxygen atoms in total. The highest BCUT2D eigenvalue weighted by atomic mass is 127. The summed E-state index contributed by atoms with van der Waals surface area (Å²) in [7, 11) is 0. The summed E-state index contributed by atoms with van der Waals surface area (Å²) in [5.41, 5.74) is 5.80. The third-order valence-electron chi connectivity index (χ3n) is 5.17. The van der Waals surface area contributed by atoms with E-state index in [0.717, 1.165) is 63.8 Å². The Labute approximate surface area is 187 Å². The second-order valence-corrected chi connectivity index (χ2v) is 8.46. The molecule has 0 aliphatic heterocycles. The summed E-state index contributed by atoms with van der Waals surface area (Å²) in [5, 5.41) is 3.27. The molecule has 5 rings (SSSR count). The normalized spacial score (nSPS) is 12.0. The molecule has 0 radical (unpaired) electrons. The van der Waals surface area contributed by atoms with Crippen LogP contribution in [0.3, 0.4) is 0 Å². The van der Waals surface area contributed by atoms with E-state index in [1.807, 2.05) is 37.3 Å². The largest absolute Gasteiger partial charge is 0.455 e. The average molecular weight is 508 g/mol. The Bertz CT molecular complexity index is 1450. The number of benzene rings is 3. The van der Waals surface area contributed by atoms with Gasteiger partial charge in [-0.15, -0.1) is 12.6 Å². The molecule has 3 aromatic carbocycles. The number of fused-ring (bicyclic) bond motifs is 4. The lowest BCUT2D eigenvalue weighted by Crippen LogP contribution is -1.85. The van der Waals surface area contributed by atoms with Crippen molar-refractivity contribution in [2.75, 3.05) is 0 Å². The van der Waals surface area contributed by atoms with Gasteiger partial charge in [-0.2, -0.15) is 0 Å². The molecule has 142 valence electrons. The quantitative estimate of drug-likeness (QED) is 0.195. The highest BCUT2D eigenvalue weighted by Gasteiger charge is 2.21. The van der Waals surface area contributed by atoms with E-state index in [1.165, 1.54) is 0 Å². The number of rotatable bonds is 3. The second kappa shape index (κ2) is 7.11. The summed E-state index contributed by atoms with van der Waals surface area (Å²) in [6.45, 7) is 5.93. The summed E-state index contributed by atoms with van der Waals surface area (Å²) in [5.74, 6) is 0.750. The zero-order chi connectivity index (χ0) is 20.1. The Hall–Kier alpha value is -2.44. The highest BCUT2D eigenvalue weighted by Crippen LogP contribution is 2.44. The first-order valence-corrected chi connectivity index (χ1v) is 10.8. The third-order valence-corrected chi connectivity index (χ3v) is 6.37. The topological polar surface area (TPSA) is 26.3 Å². The van der Waals surface area contributed by atoms with Gasteiger partial charge in [0.05, 0.1) is 3.57 Å². The first-order valence-electron chi connectivity index (χ1n) is 9.27. The van der Waals surface area contributed by atoms with Gasteiger partial charge in [-0.1, -0.05) is 49.1 Å². The number of hydrogen-bond donors (Lipinski definition) is 1. The predicted molar refractivity (Wildman–Crippen MR) is 134 cm³/mol. The van der Waals surface area contributed by atoms with Crippen LogP contribution in [0.25, 0.3) is 56.2 Å². The fourth-order valence-corrected chi connectivity index (χ4v) is 4.75. The maximum atomic E-state index is 6.21. The molecule has 0 saturated heterocycles. The predicted octanol–water partition coefficient (Wildman–Crippen LogP) is 8.57. The van der Waals surface area contributed by atoms with Gasteiger partial charge in [0.25, 0.3) is 0 Å². The van der Waals surface area contributed by atoms with Crippen LogP contribution >= 0.6 is 35.2 Å². The number of thiol groups is 1. The van der Waals surface area contributed by atoms with E-state index in [1.54, 1.807) is 6.08 Å². The fourth-order valence-electron chi connectivity index (χ4n) is 3.96. The van der Waals surface area contributed by atoms with E-state index < -0.39 is 0 Å². The first kappa shape index (κ1) is 18.6. The maximum absolute atomic E-state index is 6.21. The number of halogens is 1. The van der Waals surface area contributed by atoms with Crippen molar-refractivity contribution in [3.8, 4) is 11.1 Å². The molecule has 0 aliphatic rings. The van der Waals surface area contributed by atoms with Gasteiger partial charge in [-0.25, -0.2) is 0 Å². The minimum absolute atomic E-state index is 0.750. The Morgan fingerprint density at radius 2 is 1.69 bits per heavy atom. The summed E-state index contributed by atoms with van der Waals surface area (Å²) >= 11 is 6.98. The number of para-hydroxylation sites is 1. The molecular weight excluding hydrogens is 491 g/mol. The zero-order valence-corrected chi connectivity index (χ0v) is 18.8. The van der Waals surface area contributed by atoms with Crippen LogP contribution in [0.4, 0.5) is 0 Å². The van der Waals surface area contributed by atoms with Crippen LogP contribution in [0.2, 0.25) is 0 Å². The van der Waals surface area contributed by atoms with Gasteiger partial charge in [0.1, 0.15) is 22.5 Å². The number of allylic oxidation sites excluding steroid dienone is 1. The van der Waals surface area contributed by atoms with Crippen molar-refractivity contribution in [1.29, 1.82) is 0 Å². The molecule has 0 unspecified atom stereocenters. The molecule has 2 heterocycles. The van der Waals surface area contributed by atoms with Gasteiger partial charge in [0.2, 0.25) is 0 Å². The summed E-state index contributed by atoms with van der Waals surface area (Å²) in [6, 6.07) is 16.5. The van der Waals surface area contributed by atoms with Crippen LogP contribution in [0, 0.1) is 3.57 Å². The third kappa shape index (κ3) is 2.77. The van der Waals surface area contributed by atoms with E-state index >= 15 is 0 Å². The molecule has 0 spiro atoms. The summed E-state index contributed by atoms with van der Waals surface area (Å²) in [4.78, 5) is 0.807. The van der Waals surface area contributed by atoms with Gasteiger partial charge in [-0.05, 0) is 64.9 Å². The van der Waals surface area contributed by atoms with Crippen molar-refractivity contribution in [3.63, 3.8) is 0 Å². The number of furan rings is 2. The lowest BCUT2D eigenvalue weighted by molar-refractivity contribution is 0.597. The van der Waals surface area contributed by atoms with Crippen LogP contribution in [-0.2, 0) is 0 Å². The molecule has 29 heavy (non-hydrogen) atoms. The Morgan fingerprint density at radius 1 is 0.931 bits per heavy atom. The minimum Gasteiger partial charge on any atom is -0.455 e. The molecule has 5 aromatic rings. The Kier molecular flexibility index (Phi) is 4.56. The van der Waals surface area contributed by atoms with Gasteiger partial charge in [0.15, 0.2) is 0 Å². The van der Waals surface area contributed by atoms with Crippen LogP contribution in [0.5, 0.6) is 0 Å². The van der Waals surface area contributed by atoms with Crippen LogP contribution in [0.1, 0.15) is 18.2 Å². The summed E-state index contributed by atoms with van der Waals surface area (Å²) < 4.78 is 13.4. The van der Waals surface area contributed by atoms with E-state index in [4.69, 9.17) is 8.83 Å². The first-order chi connectivity index (χ1) is 14.1. The van der Waals surface area contributed by atoms with Crippen LogP contribution in [0.15, 0.2) is 74.9 Å². The SMILES string of the molecule is C=Cc1oc2c(S)ccc(-c3ccc(I)c4oc5ccccc5c34)c2c1/C=C\C. The average Bonchev–Trinajstić information content (AvgIpc) is 3.30. The lowest BCUT2D eigenvalue weighted by atomic mass is 9.94. The fraction of sp³-hybridized carbons (Fsp3) is 0.0400. The smallest absolute Gasteiger partial charge is 0.149 e. The van der Waals surface area contributed by atoms with E-state index in [9.17, 15) is 0 Å². The molecule has 0 fully saturated rings. The molecule has 0 saturated carbocycles. The molecule has 0 bridgehead atoms. The molecule has 0 amide bonds. The van der Waals surface area contributed by atoms with Crippen molar-refractivity contribution in [3.05, 3.63) is 76.1 Å². The van der Waals surface area contributed by atoms with Gasteiger partial charge >= 0.3 is 0 Å². The lowest BCUT2D eigenvalue weighted by Gasteiger charge is -2.08. The standard InChI is InChI=1S/C25H17IO2S/c1-3-7-16-19(4-2)27-25-21(29)13-11-15(23(16)25)14-10-12-18(26)24-22(14)17-8-5-6-9-20(17)28-24/h3-13,29H,2H2,1H3/b7-3-. The van der Waals surface area contributed by atoms with Crippen molar-refractivity contribution < 1.29 is 8.83 Å². The molecule has 0 atom stereocenters. The van der Waals surface area contributed by atoms with Crippen LogP contribution < -0.4 is 0 Å². The second-order valence-electron chi connectivity index (χ2n) is 6.82. The van der Waals surface area contributed by atoms with E-state index in [2.05, 4.69) is 72.1 Å². The van der Waals surface area contributed by atoms with Gasteiger partial charge < -0.3 is 8.83 Å². The Morgan fingerprint density at radius 3 is 2.48 bits per heavy atom. The van der Waals surface area contributed by atoms with Crippen molar-refractivity contribution in [2.24, 2.45) is 0 Å². The zero-order valence-electron chi connectivity index (χ0n) is 15.7. The van der Waals surface area contributed by atoms with Gasteiger partial charge in [0, 0.05) is 26.6 Å². The van der Waals surface area contributed by atoms with Gasteiger partial charge in [-0.3, -0.25) is 0 Å². The summed E-state index contributed by atoms with van der Waals surface area (Å²) in [6.07, 6.45) is 5.84. The molecule has 4 heteroatoms. The Balaban J connectivity index is 1.98. The monoisotopic (exact) mass is 508 g/mol. The van der Waals surface area contributed by atoms with E-state index in [0.29, 0.717) is 0 Å². The molecule has 0 N–H and O–H groups in total. The van der Waals surface area contributed by atoms with Crippen molar-refractivity contribution >= 4 is 80.3 Å². The van der Waals surface area contributed by atoms with Crippen molar-refractivity contribution in [1.82, 2.24) is 0 Å². The molecule has 2 aromatic heterocycles. The van der Waals surface area contributed by atoms with Crippen LogP contribution in [-0.4, -0.2) is 0 Å². The van der Waals surface area contributed by atoms with E-state index in [-0.39, 0.29) is 0 Å². The maximum Gasteiger partial charge on any atom is 0.149 e. The molecule has 0 aliphatic carbocycles. The molecular formula is C25H17IO2S. The highest BCUT2D eigenvalue weighted by molar-refractivity contribution is 14.1. The number of hydrogen-bond acceptors (Lipinski definition) is 3.